The molecule has 3 aliphatic carbocycles. The van der Waals surface area contributed by atoms with Gasteiger partial charge in [0.05, 0.1) is 0 Å². The molecule has 0 amide bonds. The van der Waals surface area contributed by atoms with Gasteiger partial charge in [0.15, 0.2) is 0 Å². The topological polar surface area (TPSA) is 0 Å². The monoisotopic (exact) mass is 270 g/mol. The molecule has 3 aliphatic rings. The van der Waals surface area contributed by atoms with Crippen molar-refractivity contribution in [2.24, 2.45) is 11.8 Å². The van der Waals surface area contributed by atoms with E-state index < -0.39 is 0 Å². The molecule has 0 nitrogen and oxygen atoms in total. The molecule has 0 radical (unpaired) electrons. The molecule has 5 rings (SSSR count). The molecule has 0 spiro atoms. The van der Waals surface area contributed by atoms with Crippen LogP contribution < -0.4 is 0 Å². The van der Waals surface area contributed by atoms with E-state index in [4.69, 9.17) is 0 Å². The molecule has 5 atom stereocenters. The van der Waals surface area contributed by atoms with Crippen LogP contribution in [0.1, 0.15) is 23.0 Å². The molecule has 3 unspecified atom stereocenters. The Bertz CT molecular complexity index is 580. The first-order valence-electron chi connectivity index (χ1n) is 6.03. The zero-order valence-electron chi connectivity index (χ0n) is 8.73. The van der Waals surface area contributed by atoms with Crippen molar-refractivity contribution in [3.05, 3.63) is 47.5 Å². The van der Waals surface area contributed by atoms with Gasteiger partial charge in [0, 0.05) is 4.83 Å². The van der Waals surface area contributed by atoms with E-state index in [1.807, 2.05) is 0 Å². The van der Waals surface area contributed by atoms with Gasteiger partial charge in [0.25, 0.3) is 0 Å². The lowest BCUT2D eigenvalue weighted by molar-refractivity contribution is 0.334. The normalized spacial score (nSPS) is 41.4. The number of hydrogen-bond donors (Lipinski definition) is 0. The third-order valence-corrected chi connectivity index (χ3v) is 6.16. The predicted octanol–water partition coefficient (Wildman–Crippen LogP) is 4.04. The van der Waals surface area contributed by atoms with E-state index in [2.05, 4.69) is 52.3 Å². The van der Waals surface area contributed by atoms with Crippen molar-refractivity contribution in [3.8, 4) is 0 Å². The van der Waals surface area contributed by atoms with Crippen molar-refractivity contribution >= 4 is 26.7 Å². The van der Waals surface area contributed by atoms with Gasteiger partial charge in [0.1, 0.15) is 0 Å². The highest BCUT2D eigenvalue weighted by molar-refractivity contribution is 9.09. The average Bonchev–Trinajstić information content (AvgIpc) is 2.72. The molecule has 2 aromatic rings. The van der Waals surface area contributed by atoms with E-state index in [0.29, 0.717) is 0 Å². The van der Waals surface area contributed by atoms with Crippen LogP contribution in [0.25, 0.3) is 10.8 Å². The first-order valence-corrected chi connectivity index (χ1v) is 6.95. The number of rotatable bonds is 0. The van der Waals surface area contributed by atoms with Gasteiger partial charge in [-0.25, -0.2) is 0 Å². The summed E-state index contributed by atoms with van der Waals surface area (Å²) in [4.78, 5) is 0.797. The second kappa shape index (κ2) is 2.38. The summed E-state index contributed by atoms with van der Waals surface area (Å²) in [7, 11) is 0. The minimum Gasteiger partial charge on any atom is -0.0884 e. The maximum Gasteiger partial charge on any atom is 0.0220 e. The Hall–Kier alpha value is -0.820. The summed E-state index contributed by atoms with van der Waals surface area (Å²) in [6.45, 7) is 0. The number of halogens is 1. The van der Waals surface area contributed by atoms with Crippen LogP contribution in [-0.4, -0.2) is 4.83 Å². The summed E-state index contributed by atoms with van der Waals surface area (Å²) in [6.07, 6.45) is 0. The predicted molar refractivity (Wildman–Crippen MR) is 69.1 cm³/mol. The van der Waals surface area contributed by atoms with Crippen LogP contribution in [0.5, 0.6) is 0 Å². The van der Waals surface area contributed by atoms with Crippen LogP contribution in [-0.2, 0) is 0 Å². The molecule has 78 valence electrons. The summed E-state index contributed by atoms with van der Waals surface area (Å²) in [6, 6.07) is 13.7. The van der Waals surface area contributed by atoms with Crippen LogP contribution in [0.4, 0.5) is 0 Å². The van der Waals surface area contributed by atoms with Crippen molar-refractivity contribution in [1.29, 1.82) is 0 Å². The summed E-state index contributed by atoms with van der Waals surface area (Å²) in [5.41, 5.74) is 3.25. The Kier molecular flexibility index (Phi) is 1.23. The summed E-state index contributed by atoms with van der Waals surface area (Å²) >= 11 is 3.83. The Morgan fingerprint density at radius 1 is 0.812 bits per heavy atom. The van der Waals surface area contributed by atoms with Gasteiger partial charge in [-0.05, 0) is 45.6 Å². The quantitative estimate of drug-likeness (QED) is 0.634. The molecule has 0 heterocycles. The minimum atomic E-state index is 0.797. The Labute approximate surface area is 103 Å². The van der Waals surface area contributed by atoms with E-state index in [1.54, 1.807) is 16.5 Å². The number of benzene rings is 2. The van der Waals surface area contributed by atoms with E-state index >= 15 is 0 Å². The summed E-state index contributed by atoms with van der Waals surface area (Å²) in [5, 5.41) is 3.02. The molecular weight excluding hydrogens is 260 g/mol. The smallest absolute Gasteiger partial charge is 0.0220 e. The molecule has 2 saturated carbocycles. The van der Waals surface area contributed by atoms with Crippen LogP contribution in [0.15, 0.2) is 36.4 Å². The standard InChI is InChI=1S/C15H11Br/c16-15-13-11-8-5-1-3-7-4-2-6-9(10(7)8)12(11)14(13)15/h1-6,11-15H/t11?,12?,13-,14+,15?. The van der Waals surface area contributed by atoms with Gasteiger partial charge < -0.3 is 0 Å². The molecule has 0 bridgehead atoms. The van der Waals surface area contributed by atoms with Crippen molar-refractivity contribution in [1.82, 2.24) is 0 Å². The maximum absolute atomic E-state index is 3.83. The lowest BCUT2D eigenvalue weighted by Gasteiger charge is -2.30. The molecule has 0 N–H and O–H groups in total. The maximum atomic E-state index is 3.83. The molecule has 2 aromatic carbocycles. The first-order chi connectivity index (χ1) is 7.88. The second-order valence-corrected chi connectivity index (χ2v) is 6.50. The molecule has 0 saturated heterocycles. The molecule has 0 aromatic heterocycles. The number of alkyl halides is 1. The highest BCUT2D eigenvalue weighted by Crippen LogP contribution is 2.77. The van der Waals surface area contributed by atoms with E-state index in [9.17, 15) is 0 Å². The Balaban J connectivity index is 1.89. The van der Waals surface area contributed by atoms with E-state index in [-0.39, 0.29) is 0 Å². The largest absolute Gasteiger partial charge is 0.0884 e. The molecule has 16 heavy (non-hydrogen) atoms. The lowest BCUT2D eigenvalue weighted by atomic mass is 9.72. The van der Waals surface area contributed by atoms with Crippen molar-refractivity contribution in [2.75, 3.05) is 0 Å². The molecular formula is C15H11Br. The first kappa shape index (κ1) is 8.30. The summed E-state index contributed by atoms with van der Waals surface area (Å²) in [5.74, 6) is 3.52. The lowest BCUT2D eigenvalue weighted by Crippen LogP contribution is -2.20. The SMILES string of the molecule is BrC1[C@H]2C3c4cccc5cccc(c45)C3[C@@H]12. The third-order valence-electron chi connectivity index (χ3n) is 4.94. The number of fused-ring (bicyclic) bond motifs is 6. The zero-order chi connectivity index (χ0) is 10.4. The molecule has 1 heteroatoms. The van der Waals surface area contributed by atoms with Gasteiger partial charge in [0.2, 0.25) is 0 Å². The third kappa shape index (κ3) is 0.691. The van der Waals surface area contributed by atoms with Gasteiger partial charge in [-0.3, -0.25) is 0 Å². The highest BCUT2D eigenvalue weighted by Gasteiger charge is 2.70. The average molecular weight is 271 g/mol. The number of hydrogen-bond acceptors (Lipinski definition) is 0. The van der Waals surface area contributed by atoms with Gasteiger partial charge in [-0.1, -0.05) is 52.3 Å². The van der Waals surface area contributed by atoms with Crippen LogP contribution in [0.3, 0.4) is 0 Å². The van der Waals surface area contributed by atoms with Crippen molar-refractivity contribution in [2.45, 2.75) is 16.7 Å². The van der Waals surface area contributed by atoms with E-state index in [1.165, 1.54) is 5.39 Å². The summed E-state index contributed by atoms with van der Waals surface area (Å²) < 4.78 is 0. The van der Waals surface area contributed by atoms with Crippen LogP contribution in [0, 0.1) is 11.8 Å². The second-order valence-electron chi connectivity index (χ2n) is 5.44. The fraction of sp³-hybridized carbons (Fsp3) is 0.333. The van der Waals surface area contributed by atoms with Gasteiger partial charge >= 0.3 is 0 Å². The fourth-order valence-corrected chi connectivity index (χ4v) is 5.47. The van der Waals surface area contributed by atoms with Crippen molar-refractivity contribution < 1.29 is 0 Å². The Morgan fingerprint density at radius 3 is 1.94 bits per heavy atom. The van der Waals surface area contributed by atoms with E-state index in [0.717, 1.165) is 28.5 Å². The molecule has 0 aliphatic heterocycles. The fourth-order valence-electron chi connectivity index (χ4n) is 4.28. The van der Waals surface area contributed by atoms with Gasteiger partial charge in [-0.15, -0.1) is 0 Å². The van der Waals surface area contributed by atoms with Crippen LogP contribution >= 0.6 is 15.9 Å². The van der Waals surface area contributed by atoms with Crippen molar-refractivity contribution in [3.63, 3.8) is 0 Å². The van der Waals surface area contributed by atoms with Crippen LogP contribution in [0.2, 0.25) is 0 Å². The minimum absolute atomic E-state index is 0.797. The van der Waals surface area contributed by atoms with Gasteiger partial charge in [-0.2, -0.15) is 0 Å². The molecule has 2 fully saturated rings. The Morgan fingerprint density at radius 2 is 1.38 bits per heavy atom. The highest BCUT2D eigenvalue weighted by atomic mass is 79.9. The zero-order valence-corrected chi connectivity index (χ0v) is 10.3.